The third kappa shape index (κ3) is 4.17. The third-order valence-corrected chi connectivity index (χ3v) is 10.6. The Balaban J connectivity index is 1.26. The molecule has 0 fully saturated rings. The average molecular weight is 618 g/mol. The highest BCUT2D eigenvalue weighted by molar-refractivity contribution is 7.25. The average Bonchev–Trinajstić information content (AvgIpc) is 3.70. The zero-order valence-electron chi connectivity index (χ0n) is 25.4. The van der Waals surface area contributed by atoms with Gasteiger partial charge < -0.3 is 9.32 Å². The lowest BCUT2D eigenvalue weighted by atomic mass is 9.96. The Kier molecular flexibility index (Phi) is 5.78. The van der Waals surface area contributed by atoms with Gasteiger partial charge in [0, 0.05) is 53.4 Å². The van der Waals surface area contributed by atoms with Gasteiger partial charge in [-0.05, 0) is 87.9 Å². The number of thiophene rings is 1. The van der Waals surface area contributed by atoms with Crippen molar-refractivity contribution in [2.75, 3.05) is 4.90 Å². The summed E-state index contributed by atoms with van der Waals surface area (Å²) in [7, 11) is 0. The minimum Gasteiger partial charge on any atom is -0.456 e. The van der Waals surface area contributed by atoms with Crippen LogP contribution in [0.4, 0.5) is 17.1 Å². The first-order chi connectivity index (χ1) is 23.3. The number of hydrogen-bond acceptors (Lipinski definition) is 3. The summed E-state index contributed by atoms with van der Waals surface area (Å²) >= 11 is 1.85. The standard InChI is InChI=1S/C44H27NOS/c1-2-9-28(10-3-1)31-11-8-12-32(25-31)45(34-22-24-42-38(27-34)35-13-5-7-16-41(35)47-42)33-21-19-29-17-18-30-20-23-40-44(43(30)37(29)26-33)36-14-4-6-15-39(36)46-40/h1-27H. The monoisotopic (exact) mass is 617 g/mol. The molecule has 0 aliphatic heterocycles. The van der Waals surface area contributed by atoms with Crippen LogP contribution in [-0.4, -0.2) is 0 Å². The Bertz CT molecular complexity index is 2810. The van der Waals surface area contributed by atoms with Crippen LogP contribution in [0, 0.1) is 0 Å². The van der Waals surface area contributed by atoms with Crippen molar-refractivity contribution in [2.45, 2.75) is 0 Å². The lowest BCUT2D eigenvalue weighted by Crippen LogP contribution is -2.10. The Morgan fingerprint density at radius 1 is 0.383 bits per heavy atom. The van der Waals surface area contributed by atoms with Crippen LogP contribution >= 0.6 is 11.3 Å². The van der Waals surface area contributed by atoms with Crippen LogP contribution in [0.3, 0.4) is 0 Å². The number of hydrogen-bond donors (Lipinski definition) is 0. The molecule has 0 spiro atoms. The van der Waals surface area contributed by atoms with Crippen LogP contribution in [0.1, 0.15) is 0 Å². The van der Waals surface area contributed by atoms with Gasteiger partial charge in [-0.1, -0.05) is 103 Å². The van der Waals surface area contributed by atoms with E-state index in [1.807, 2.05) is 17.4 Å². The minimum atomic E-state index is 0.916. The summed E-state index contributed by atoms with van der Waals surface area (Å²) in [6.45, 7) is 0. The molecular formula is C44H27NOS. The number of fused-ring (bicyclic) bond motifs is 10. The smallest absolute Gasteiger partial charge is 0.136 e. The fraction of sp³-hybridized carbons (Fsp3) is 0. The van der Waals surface area contributed by atoms with Gasteiger partial charge in [0.1, 0.15) is 11.2 Å². The second-order valence-electron chi connectivity index (χ2n) is 12.1. The fourth-order valence-corrected chi connectivity index (χ4v) is 8.33. The van der Waals surface area contributed by atoms with E-state index in [-0.39, 0.29) is 0 Å². The van der Waals surface area contributed by atoms with Crippen molar-refractivity contribution in [3.63, 3.8) is 0 Å². The summed E-state index contributed by atoms with van der Waals surface area (Å²) in [4.78, 5) is 2.41. The number of rotatable bonds is 4. The Morgan fingerprint density at radius 3 is 1.96 bits per heavy atom. The van der Waals surface area contributed by atoms with Gasteiger partial charge in [0.25, 0.3) is 0 Å². The number of benzene rings is 8. The van der Waals surface area contributed by atoms with E-state index in [9.17, 15) is 0 Å². The van der Waals surface area contributed by atoms with E-state index in [0.29, 0.717) is 0 Å². The van der Waals surface area contributed by atoms with E-state index in [2.05, 4.69) is 163 Å². The molecule has 3 heteroatoms. The van der Waals surface area contributed by atoms with Crippen molar-refractivity contribution < 1.29 is 4.42 Å². The van der Waals surface area contributed by atoms with E-state index in [0.717, 1.165) is 33.6 Å². The first kappa shape index (κ1) is 26.3. The molecule has 0 saturated heterocycles. The van der Waals surface area contributed by atoms with Gasteiger partial charge >= 0.3 is 0 Å². The van der Waals surface area contributed by atoms with Crippen LogP contribution < -0.4 is 4.90 Å². The summed E-state index contributed by atoms with van der Waals surface area (Å²) in [5.74, 6) is 0. The van der Waals surface area contributed by atoms with Crippen molar-refractivity contribution in [1.29, 1.82) is 0 Å². The first-order valence-corrected chi connectivity index (χ1v) is 16.7. The van der Waals surface area contributed by atoms with E-state index < -0.39 is 0 Å². The van der Waals surface area contributed by atoms with E-state index in [4.69, 9.17) is 4.42 Å². The maximum absolute atomic E-state index is 6.34. The molecular weight excluding hydrogens is 591 g/mol. The normalized spacial score (nSPS) is 11.8. The Hall–Kier alpha value is -5.90. The molecule has 0 N–H and O–H groups in total. The molecule has 10 rings (SSSR count). The van der Waals surface area contributed by atoms with Crippen molar-refractivity contribution in [3.8, 4) is 11.1 Å². The lowest BCUT2D eigenvalue weighted by Gasteiger charge is -2.27. The zero-order chi connectivity index (χ0) is 30.9. The van der Waals surface area contributed by atoms with Gasteiger partial charge in [-0.3, -0.25) is 0 Å². The molecule has 10 aromatic rings. The zero-order valence-corrected chi connectivity index (χ0v) is 26.2. The summed E-state index contributed by atoms with van der Waals surface area (Å²) in [6.07, 6.45) is 0. The molecule has 2 heterocycles. The van der Waals surface area contributed by atoms with Gasteiger partial charge in [-0.15, -0.1) is 11.3 Å². The van der Waals surface area contributed by atoms with Gasteiger partial charge in [0.2, 0.25) is 0 Å². The molecule has 0 aliphatic rings. The molecule has 220 valence electrons. The molecule has 0 amide bonds. The molecule has 8 aromatic carbocycles. The molecule has 47 heavy (non-hydrogen) atoms. The van der Waals surface area contributed by atoms with Gasteiger partial charge in [-0.2, -0.15) is 0 Å². The van der Waals surface area contributed by atoms with Crippen LogP contribution in [0.15, 0.2) is 168 Å². The predicted octanol–water partition coefficient (Wildman–Crippen LogP) is 13.4. The van der Waals surface area contributed by atoms with Gasteiger partial charge in [-0.25, -0.2) is 0 Å². The van der Waals surface area contributed by atoms with Crippen molar-refractivity contribution >= 4 is 92.1 Å². The van der Waals surface area contributed by atoms with Crippen molar-refractivity contribution in [1.82, 2.24) is 0 Å². The second kappa shape index (κ2) is 10.3. The van der Waals surface area contributed by atoms with Gasteiger partial charge in [0.05, 0.1) is 0 Å². The molecule has 0 atom stereocenters. The molecule has 2 nitrogen and oxygen atoms in total. The maximum atomic E-state index is 6.34. The van der Waals surface area contributed by atoms with Crippen molar-refractivity contribution in [3.05, 3.63) is 164 Å². The van der Waals surface area contributed by atoms with Crippen LogP contribution in [0.5, 0.6) is 0 Å². The highest BCUT2D eigenvalue weighted by Crippen LogP contribution is 2.44. The third-order valence-electron chi connectivity index (χ3n) is 9.41. The molecule has 0 saturated carbocycles. The van der Waals surface area contributed by atoms with E-state index >= 15 is 0 Å². The molecule has 0 unspecified atom stereocenters. The van der Waals surface area contributed by atoms with Crippen LogP contribution in [-0.2, 0) is 0 Å². The summed E-state index contributed by atoms with van der Waals surface area (Å²) in [5.41, 5.74) is 7.57. The quantitative estimate of drug-likeness (QED) is 0.183. The van der Waals surface area contributed by atoms with Crippen LogP contribution in [0.2, 0.25) is 0 Å². The molecule has 0 radical (unpaired) electrons. The number of furan rings is 1. The van der Waals surface area contributed by atoms with Gasteiger partial charge in [0.15, 0.2) is 0 Å². The highest BCUT2D eigenvalue weighted by atomic mass is 32.1. The SMILES string of the molecule is c1ccc(-c2cccc(N(c3ccc4sc5ccccc5c4c3)c3ccc4ccc5ccc6oc7ccccc7c6c5c4c3)c2)cc1. The number of nitrogens with zero attached hydrogens (tertiary/aromatic N) is 1. The topological polar surface area (TPSA) is 16.4 Å². The van der Waals surface area contributed by atoms with E-state index in [1.54, 1.807) is 0 Å². The number of anilines is 3. The molecule has 0 aliphatic carbocycles. The highest BCUT2D eigenvalue weighted by Gasteiger charge is 2.18. The summed E-state index contributed by atoms with van der Waals surface area (Å²) in [6, 6.07) is 59.1. The summed E-state index contributed by atoms with van der Waals surface area (Å²) < 4.78 is 8.95. The fourth-order valence-electron chi connectivity index (χ4n) is 7.24. The maximum Gasteiger partial charge on any atom is 0.136 e. The minimum absolute atomic E-state index is 0.916. The lowest BCUT2D eigenvalue weighted by molar-refractivity contribution is 0.669. The first-order valence-electron chi connectivity index (χ1n) is 15.9. The molecule has 0 bridgehead atoms. The molecule has 2 aromatic heterocycles. The second-order valence-corrected chi connectivity index (χ2v) is 13.2. The predicted molar refractivity (Wildman–Crippen MR) is 202 cm³/mol. The van der Waals surface area contributed by atoms with E-state index in [1.165, 1.54) is 58.2 Å². The van der Waals surface area contributed by atoms with Crippen LogP contribution in [0.25, 0.3) is 74.8 Å². The number of para-hydroxylation sites is 1. The largest absolute Gasteiger partial charge is 0.456 e. The summed E-state index contributed by atoms with van der Waals surface area (Å²) in [5, 5.41) is 9.75. The Labute approximate surface area is 275 Å². The Morgan fingerprint density at radius 2 is 1.04 bits per heavy atom. The van der Waals surface area contributed by atoms with Crippen molar-refractivity contribution in [2.24, 2.45) is 0 Å².